The van der Waals surface area contributed by atoms with Crippen LogP contribution in [0.25, 0.3) is 0 Å². The first-order chi connectivity index (χ1) is 10.5. The molecule has 5 nitrogen and oxygen atoms in total. The molecule has 0 aromatic heterocycles. The van der Waals surface area contributed by atoms with Crippen LogP contribution < -0.4 is 10.1 Å². The zero-order valence-corrected chi connectivity index (χ0v) is 12.1. The summed E-state index contributed by atoms with van der Waals surface area (Å²) in [4.78, 5) is 12.6. The highest BCUT2D eigenvalue weighted by Crippen LogP contribution is 2.72. The summed E-state index contributed by atoms with van der Waals surface area (Å²) in [5.41, 5.74) is 0.465. The Morgan fingerprint density at radius 1 is 1.36 bits per heavy atom. The number of carbonyl (C=O) groups excluding carboxylic acids is 1. The fourth-order valence-electron chi connectivity index (χ4n) is 6.40. The highest BCUT2D eigenvalue weighted by molar-refractivity contribution is 5.90. The van der Waals surface area contributed by atoms with E-state index in [1.807, 2.05) is 6.07 Å². The Morgan fingerprint density at radius 2 is 2.23 bits per heavy atom. The van der Waals surface area contributed by atoms with Gasteiger partial charge < -0.3 is 20.3 Å². The molecule has 5 atom stereocenters. The summed E-state index contributed by atoms with van der Waals surface area (Å²) in [6, 6.07) is 3.64. The summed E-state index contributed by atoms with van der Waals surface area (Å²) in [5.74, 6) is 0.581. The van der Waals surface area contributed by atoms with Gasteiger partial charge in [-0.15, -0.1) is 0 Å². The van der Waals surface area contributed by atoms with Crippen LogP contribution in [0.3, 0.4) is 0 Å². The number of hydrogen-bond donors (Lipinski definition) is 3. The molecule has 114 valence electrons. The summed E-state index contributed by atoms with van der Waals surface area (Å²) in [5, 5.41) is 25.3. The minimum atomic E-state index is -0.950. The second-order valence-corrected chi connectivity index (χ2v) is 7.84. The third kappa shape index (κ3) is 0.885. The van der Waals surface area contributed by atoms with Crippen molar-refractivity contribution in [2.45, 2.75) is 48.8 Å². The molecular weight excluding hydrogens is 282 g/mol. The summed E-state index contributed by atoms with van der Waals surface area (Å²) in [6.45, 7) is 0.887. The number of phenolic OH excluding ortho intramolecular Hbond substituents is 1. The van der Waals surface area contributed by atoms with Gasteiger partial charge in [0.15, 0.2) is 23.4 Å². The Hall–Kier alpha value is -1.59. The van der Waals surface area contributed by atoms with Crippen molar-refractivity contribution in [2.24, 2.45) is 5.41 Å². The number of nitrogens with one attached hydrogen (secondary N) is 1. The molecule has 3 N–H and O–H groups in total. The van der Waals surface area contributed by atoms with Crippen molar-refractivity contribution in [3.8, 4) is 11.5 Å². The molecule has 22 heavy (non-hydrogen) atoms. The zero-order chi connectivity index (χ0) is 14.9. The Kier molecular flexibility index (Phi) is 1.65. The summed E-state index contributed by atoms with van der Waals surface area (Å²) in [6.07, 6.45) is 1.87. The number of Topliss-reactive ketones (excluding diaryl/α,β-unsaturated/α-hetero) is 1. The molecule has 2 aliphatic heterocycles. The van der Waals surface area contributed by atoms with Crippen molar-refractivity contribution < 1.29 is 19.7 Å². The van der Waals surface area contributed by atoms with Crippen molar-refractivity contribution >= 4 is 5.78 Å². The second-order valence-electron chi connectivity index (χ2n) is 7.84. The van der Waals surface area contributed by atoms with Gasteiger partial charge in [-0.05, 0) is 30.9 Å². The molecule has 0 amide bonds. The third-order valence-electron chi connectivity index (χ3n) is 7.09. The molecule has 5 aliphatic rings. The fourth-order valence-corrected chi connectivity index (χ4v) is 6.40. The summed E-state index contributed by atoms with van der Waals surface area (Å²) >= 11 is 0. The smallest absolute Gasteiger partial charge is 0.174 e. The Morgan fingerprint density at radius 3 is 3.00 bits per heavy atom. The summed E-state index contributed by atoms with van der Waals surface area (Å²) in [7, 11) is 0. The number of carbonyl (C=O) groups is 1. The maximum atomic E-state index is 12.6. The van der Waals surface area contributed by atoms with Crippen LogP contribution in [0.15, 0.2) is 12.1 Å². The van der Waals surface area contributed by atoms with Crippen molar-refractivity contribution in [2.75, 3.05) is 6.54 Å². The SMILES string of the molecule is O=C1CC[C@@]2(O)C3NCC34Cc3ccc(O)c5c3[C@@]2(C4)[C@H]1O5. The third-order valence-corrected chi connectivity index (χ3v) is 7.09. The van der Waals surface area contributed by atoms with Crippen LogP contribution >= 0.6 is 0 Å². The molecule has 2 unspecified atom stereocenters. The Bertz CT molecular complexity index is 776. The van der Waals surface area contributed by atoms with E-state index in [4.69, 9.17) is 4.74 Å². The molecule has 3 fully saturated rings. The van der Waals surface area contributed by atoms with Gasteiger partial charge in [-0.3, -0.25) is 4.79 Å². The van der Waals surface area contributed by atoms with E-state index >= 15 is 0 Å². The standard InChI is InChI=1S/C17H17NO4/c19-9-2-1-8-5-15-6-16-11(8)12(9)22-13(16)10(20)3-4-17(16,21)14(15)18-7-15/h1-2,13-14,18-19,21H,3-7H2/t13-,14?,15?,16-,17+/m0/s1. The largest absolute Gasteiger partial charge is 0.504 e. The van der Waals surface area contributed by atoms with Crippen molar-refractivity contribution in [1.29, 1.82) is 0 Å². The number of phenols is 1. The first-order valence-corrected chi connectivity index (χ1v) is 8.02. The van der Waals surface area contributed by atoms with E-state index in [2.05, 4.69) is 5.32 Å². The van der Waals surface area contributed by atoms with E-state index in [-0.39, 0.29) is 23.0 Å². The number of aromatic hydroxyl groups is 1. The molecule has 1 aromatic carbocycles. The van der Waals surface area contributed by atoms with Crippen LogP contribution in [0, 0.1) is 5.41 Å². The van der Waals surface area contributed by atoms with E-state index in [0.29, 0.717) is 18.6 Å². The fraction of sp³-hybridized carbons (Fsp3) is 0.588. The van der Waals surface area contributed by atoms with Gasteiger partial charge in [0.1, 0.15) is 0 Å². The zero-order valence-electron chi connectivity index (χ0n) is 12.1. The van der Waals surface area contributed by atoms with Gasteiger partial charge in [-0.25, -0.2) is 0 Å². The Balaban J connectivity index is 1.76. The maximum Gasteiger partial charge on any atom is 0.174 e. The molecule has 1 saturated heterocycles. The number of aliphatic hydroxyl groups is 1. The van der Waals surface area contributed by atoms with E-state index in [1.165, 1.54) is 0 Å². The predicted octanol–water partition coefficient (Wildman–Crippen LogP) is 0.403. The quantitative estimate of drug-likeness (QED) is 0.646. The minimum absolute atomic E-state index is 0.0275. The lowest BCUT2D eigenvalue weighted by molar-refractivity contribution is -0.149. The van der Waals surface area contributed by atoms with Gasteiger partial charge in [0, 0.05) is 30.0 Å². The molecule has 2 bridgehead atoms. The van der Waals surface area contributed by atoms with E-state index in [0.717, 1.165) is 30.5 Å². The predicted molar refractivity (Wildman–Crippen MR) is 75.9 cm³/mol. The van der Waals surface area contributed by atoms with Crippen LogP contribution in [0.4, 0.5) is 0 Å². The molecule has 5 heteroatoms. The number of benzene rings is 1. The molecule has 2 spiro atoms. The van der Waals surface area contributed by atoms with E-state index in [9.17, 15) is 15.0 Å². The number of ether oxygens (including phenoxy) is 1. The van der Waals surface area contributed by atoms with Crippen molar-refractivity contribution in [3.63, 3.8) is 0 Å². The second kappa shape index (κ2) is 3.05. The van der Waals surface area contributed by atoms with E-state index < -0.39 is 17.1 Å². The average Bonchev–Trinajstić information content (AvgIpc) is 2.89. The topological polar surface area (TPSA) is 78.8 Å². The van der Waals surface area contributed by atoms with Crippen LogP contribution in [-0.2, 0) is 16.6 Å². The summed E-state index contributed by atoms with van der Waals surface area (Å²) < 4.78 is 5.97. The molecular formula is C17H17NO4. The number of ketones is 1. The van der Waals surface area contributed by atoms with E-state index in [1.54, 1.807) is 6.07 Å². The van der Waals surface area contributed by atoms with Crippen molar-refractivity contribution in [1.82, 2.24) is 5.32 Å². The van der Waals surface area contributed by atoms with Crippen LogP contribution in [0.5, 0.6) is 11.5 Å². The van der Waals surface area contributed by atoms with Gasteiger partial charge >= 0.3 is 0 Å². The van der Waals surface area contributed by atoms with Gasteiger partial charge in [0.2, 0.25) is 0 Å². The highest BCUT2D eigenvalue weighted by Gasteiger charge is 2.81. The van der Waals surface area contributed by atoms with Crippen LogP contribution in [-0.4, -0.2) is 40.3 Å². The average molecular weight is 299 g/mol. The van der Waals surface area contributed by atoms with Crippen molar-refractivity contribution in [3.05, 3.63) is 23.3 Å². The molecule has 1 aromatic rings. The molecule has 6 rings (SSSR count). The lowest BCUT2D eigenvalue weighted by atomic mass is 9.57. The normalized spacial score (nSPS) is 49.2. The number of hydrogen-bond acceptors (Lipinski definition) is 5. The first-order valence-electron chi connectivity index (χ1n) is 8.02. The Labute approximate surface area is 127 Å². The molecule has 3 aliphatic carbocycles. The van der Waals surface area contributed by atoms with Gasteiger partial charge in [0.25, 0.3) is 0 Å². The van der Waals surface area contributed by atoms with Gasteiger partial charge in [-0.1, -0.05) is 6.07 Å². The maximum absolute atomic E-state index is 12.6. The lowest BCUT2D eigenvalue weighted by Crippen LogP contribution is -2.70. The lowest BCUT2D eigenvalue weighted by Gasteiger charge is -2.51. The van der Waals surface area contributed by atoms with Gasteiger partial charge in [0.05, 0.1) is 11.0 Å². The first kappa shape index (κ1) is 11.9. The van der Waals surface area contributed by atoms with Gasteiger partial charge in [-0.2, -0.15) is 0 Å². The molecule has 2 heterocycles. The number of rotatable bonds is 0. The monoisotopic (exact) mass is 299 g/mol. The number of fused-ring (bicyclic) bond motifs is 1. The minimum Gasteiger partial charge on any atom is -0.504 e. The van der Waals surface area contributed by atoms with Crippen LogP contribution in [0.2, 0.25) is 0 Å². The van der Waals surface area contributed by atoms with Crippen LogP contribution in [0.1, 0.15) is 30.4 Å². The molecule has 2 saturated carbocycles. The molecule has 0 radical (unpaired) electrons. The highest BCUT2D eigenvalue weighted by atomic mass is 16.5.